The molecule has 1 saturated carbocycles. The maximum Gasteiger partial charge on any atom is 0.249 e. The zero-order valence-corrected chi connectivity index (χ0v) is 18.3. The first-order valence-corrected chi connectivity index (χ1v) is 10.7. The molecule has 3 aromatic heterocycles. The van der Waals surface area contributed by atoms with Crippen LogP contribution < -0.4 is 11.1 Å². The van der Waals surface area contributed by atoms with Gasteiger partial charge in [-0.1, -0.05) is 5.57 Å². The van der Waals surface area contributed by atoms with Crippen molar-refractivity contribution in [2.45, 2.75) is 25.7 Å². The monoisotopic (exact) mass is 442 g/mol. The minimum Gasteiger partial charge on any atom is -0.396 e. The van der Waals surface area contributed by atoms with Gasteiger partial charge in [-0.25, -0.2) is 9.37 Å². The summed E-state index contributed by atoms with van der Waals surface area (Å²) in [4.78, 5) is 20.9. The molecule has 3 heterocycles. The molecule has 1 fully saturated rings. The van der Waals surface area contributed by atoms with Crippen LogP contribution in [0.25, 0.3) is 21.9 Å². The first-order chi connectivity index (χ1) is 15.9. The second-order valence-corrected chi connectivity index (χ2v) is 8.44. The van der Waals surface area contributed by atoms with E-state index in [1.807, 2.05) is 32.3 Å². The molecule has 1 aliphatic rings. The SMILES string of the molecule is Cc1ccncc1-c1cc2cc(NC(=O)C=C3CC(c4ccn(C)n4)C3)ncc2c(N)c1F. The zero-order chi connectivity index (χ0) is 23.1. The highest BCUT2D eigenvalue weighted by Crippen LogP contribution is 2.40. The van der Waals surface area contributed by atoms with Gasteiger partial charge in [-0.05, 0) is 55.0 Å². The minimum atomic E-state index is -0.505. The van der Waals surface area contributed by atoms with E-state index >= 15 is 0 Å². The maximum atomic E-state index is 15.0. The Hall–Kier alpha value is -4.07. The molecule has 0 unspecified atom stereocenters. The number of aromatic nitrogens is 4. The van der Waals surface area contributed by atoms with Crippen LogP contribution in [0.1, 0.15) is 30.0 Å². The first kappa shape index (κ1) is 20.8. The fourth-order valence-corrected chi connectivity index (χ4v) is 4.21. The second-order valence-electron chi connectivity index (χ2n) is 8.44. The van der Waals surface area contributed by atoms with Crippen molar-refractivity contribution in [3.05, 3.63) is 77.8 Å². The molecule has 5 rings (SSSR count). The predicted octanol–water partition coefficient (Wildman–Crippen LogP) is 4.50. The molecule has 1 aromatic carbocycles. The number of aryl methyl sites for hydroxylation is 2. The first-order valence-electron chi connectivity index (χ1n) is 10.7. The van der Waals surface area contributed by atoms with Gasteiger partial charge in [0.25, 0.3) is 0 Å². The summed E-state index contributed by atoms with van der Waals surface area (Å²) in [5, 5.41) is 8.41. The van der Waals surface area contributed by atoms with Crippen molar-refractivity contribution < 1.29 is 9.18 Å². The number of carbonyl (C=O) groups excluding carboxylic acids is 1. The van der Waals surface area contributed by atoms with E-state index in [-0.39, 0.29) is 11.6 Å². The molecule has 4 aromatic rings. The Morgan fingerprint density at radius 1 is 1.24 bits per heavy atom. The number of anilines is 2. The Labute approximate surface area is 190 Å². The van der Waals surface area contributed by atoms with E-state index < -0.39 is 5.82 Å². The number of nitrogens with one attached hydrogen (secondary N) is 1. The van der Waals surface area contributed by atoms with Gasteiger partial charge in [0, 0.05) is 60.3 Å². The van der Waals surface area contributed by atoms with E-state index in [1.165, 1.54) is 6.20 Å². The van der Waals surface area contributed by atoms with E-state index in [1.54, 1.807) is 35.3 Å². The van der Waals surface area contributed by atoms with Gasteiger partial charge in [0.15, 0.2) is 5.82 Å². The van der Waals surface area contributed by atoms with Crippen LogP contribution in [-0.4, -0.2) is 25.7 Å². The second kappa shape index (κ2) is 8.12. The zero-order valence-electron chi connectivity index (χ0n) is 18.3. The van der Waals surface area contributed by atoms with Crippen LogP contribution in [0, 0.1) is 12.7 Å². The number of nitrogens with two attached hydrogens (primary N) is 1. The van der Waals surface area contributed by atoms with Crippen molar-refractivity contribution in [1.82, 2.24) is 19.7 Å². The van der Waals surface area contributed by atoms with Crippen LogP contribution in [0.5, 0.6) is 0 Å². The van der Waals surface area contributed by atoms with Crippen molar-refractivity contribution >= 4 is 28.2 Å². The normalized spacial score (nSPS) is 15.4. The number of allylic oxidation sites excluding steroid dienone is 1. The van der Waals surface area contributed by atoms with Gasteiger partial charge in [-0.3, -0.25) is 14.5 Å². The van der Waals surface area contributed by atoms with Gasteiger partial charge in [-0.2, -0.15) is 5.10 Å². The number of hydrogen-bond acceptors (Lipinski definition) is 5. The van der Waals surface area contributed by atoms with Gasteiger partial charge in [0.05, 0.1) is 11.4 Å². The van der Waals surface area contributed by atoms with Gasteiger partial charge < -0.3 is 11.1 Å². The number of hydrogen-bond donors (Lipinski definition) is 2. The van der Waals surface area contributed by atoms with Crippen LogP contribution in [0.15, 0.2) is 60.7 Å². The topological polar surface area (TPSA) is 98.7 Å². The molecule has 0 radical (unpaired) electrons. The smallest absolute Gasteiger partial charge is 0.249 e. The molecule has 33 heavy (non-hydrogen) atoms. The molecule has 8 heteroatoms. The molecular weight excluding hydrogens is 419 g/mol. The van der Waals surface area contributed by atoms with Crippen molar-refractivity contribution in [1.29, 1.82) is 0 Å². The Morgan fingerprint density at radius 2 is 2.06 bits per heavy atom. The van der Waals surface area contributed by atoms with Crippen LogP contribution in [0.4, 0.5) is 15.9 Å². The molecule has 0 bridgehead atoms. The third kappa shape index (κ3) is 3.95. The standard InChI is InChI=1S/C25H23FN6O/c1-14-3-5-28-12-19(14)18-10-16-11-22(29-13-20(16)25(27)24(18)26)30-23(33)9-15-7-17(8-15)21-4-6-32(2)31-21/h3-6,9-13,17H,7-8,27H2,1-2H3,(H,29,30,33). The number of nitrogens with zero attached hydrogens (tertiary/aromatic N) is 4. The number of rotatable bonds is 4. The molecule has 0 spiro atoms. The molecule has 7 nitrogen and oxygen atoms in total. The lowest BCUT2D eigenvalue weighted by atomic mass is 9.78. The van der Waals surface area contributed by atoms with E-state index in [2.05, 4.69) is 20.4 Å². The molecular formula is C25H23FN6O. The van der Waals surface area contributed by atoms with Crippen molar-refractivity contribution in [2.24, 2.45) is 7.05 Å². The number of pyridine rings is 2. The average molecular weight is 442 g/mol. The van der Waals surface area contributed by atoms with Crippen molar-refractivity contribution in [3.8, 4) is 11.1 Å². The predicted molar refractivity (Wildman–Crippen MR) is 126 cm³/mol. The van der Waals surface area contributed by atoms with E-state index in [0.29, 0.717) is 33.6 Å². The van der Waals surface area contributed by atoms with Gasteiger partial charge in [0.1, 0.15) is 5.82 Å². The Kier molecular flexibility index (Phi) is 5.12. The lowest BCUT2D eigenvalue weighted by molar-refractivity contribution is -0.112. The molecule has 0 aliphatic heterocycles. The van der Waals surface area contributed by atoms with Crippen molar-refractivity contribution in [3.63, 3.8) is 0 Å². The Bertz CT molecular complexity index is 1420. The molecule has 1 aliphatic carbocycles. The number of nitrogen functional groups attached to an aromatic ring is 1. The van der Waals surface area contributed by atoms with Crippen LogP contribution in [0.3, 0.4) is 0 Å². The quantitative estimate of drug-likeness (QED) is 0.358. The lowest BCUT2D eigenvalue weighted by Gasteiger charge is -2.27. The number of fused-ring (bicyclic) bond motifs is 1. The third-order valence-corrected chi connectivity index (χ3v) is 6.08. The number of halogens is 1. The van der Waals surface area contributed by atoms with E-state index in [9.17, 15) is 9.18 Å². The summed E-state index contributed by atoms with van der Waals surface area (Å²) >= 11 is 0. The number of carbonyl (C=O) groups is 1. The maximum absolute atomic E-state index is 15.0. The molecule has 0 atom stereocenters. The highest BCUT2D eigenvalue weighted by molar-refractivity contribution is 6.02. The van der Waals surface area contributed by atoms with E-state index in [0.717, 1.165) is 29.7 Å². The summed E-state index contributed by atoms with van der Waals surface area (Å²) in [7, 11) is 1.89. The van der Waals surface area contributed by atoms with Crippen LogP contribution in [-0.2, 0) is 11.8 Å². The summed E-state index contributed by atoms with van der Waals surface area (Å²) < 4.78 is 16.8. The fraction of sp³-hybridized carbons (Fsp3) is 0.200. The van der Waals surface area contributed by atoms with E-state index in [4.69, 9.17) is 5.73 Å². The largest absolute Gasteiger partial charge is 0.396 e. The summed E-state index contributed by atoms with van der Waals surface area (Å²) in [5.74, 6) is -0.00909. The molecule has 3 N–H and O–H groups in total. The summed E-state index contributed by atoms with van der Waals surface area (Å²) in [5.41, 5.74) is 10.1. The van der Waals surface area contributed by atoms with Gasteiger partial charge in [0.2, 0.25) is 5.91 Å². The van der Waals surface area contributed by atoms with Crippen LogP contribution in [0.2, 0.25) is 0 Å². The van der Waals surface area contributed by atoms with Crippen LogP contribution >= 0.6 is 0 Å². The third-order valence-electron chi connectivity index (χ3n) is 6.08. The molecule has 1 amide bonds. The summed E-state index contributed by atoms with van der Waals surface area (Å²) in [6, 6.07) is 7.24. The Morgan fingerprint density at radius 3 is 2.79 bits per heavy atom. The minimum absolute atomic E-state index is 0.0216. The molecule has 0 saturated heterocycles. The highest BCUT2D eigenvalue weighted by Gasteiger charge is 2.27. The average Bonchev–Trinajstić information content (AvgIpc) is 3.19. The van der Waals surface area contributed by atoms with Gasteiger partial charge >= 0.3 is 0 Å². The number of benzene rings is 1. The lowest BCUT2D eigenvalue weighted by Crippen LogP contribution is -2.17. The summed E-state index contributed by atoms with van der Waals surface area (Å²) in [6.07, 6.45) is 9.94. The Balaban J connectivity index is 1.36. The van der Waals surface area contributed by atoms with Gasteiger partial charge in [-0.15, -0.1) is 0 Å². The number of amides is 1. The fourth-order valence-electron chi connectivity index (χ4n) is 4.21. The molecule has 166 valence electrons. The van der Waals surface area contributed by atoms with Crippen molar-refractivity contribution in [2.75, 3.05) is 11.1 Å². The summed E-state index contributed by atoms with van der Waals surface area (Å²) in [6.45, 7) is 1.89. The highest BCUT2D eigenvalue weighted by atomic mass is 19.1.